The monoisotopic (exact) mass is 393 g/mol. The molecule has 27 heavy (non-hydrogen) atoms. The van der Waals surface area contributed by atoms with E-state index in [1.807, 2.05) is 25.1 Å². The molecule has 1 amide bonds. The maximum absolute atomic E-state index is 12.8. The van der Waals surface area contributed by atoms with Crippen LogP contribution < -0.4 is 0 Å². The maximum atomic E-state index is 12.8. The van der Waals surface area contributed by atoms with Crippen molar-refractivity contribution < 1.29 is 22.5 Å². The summed E-state index contributed by atoms with van der Waals surface area (Å²) in [5.74, 6) is -1.50. The average molecular weight is 393 g/mol. The SMILES string of the molecule is Cc1ccccc1C(=O)N1CCc2sc(-c3noc(C(F)(F)F)n3)cc2C1. The van der Waals surface area contributed by atoms with E-state index < -0.39 is 12.1 Å². The number of hydrogen-bond acceptors (Lipinski definition) is 5. The van der Waals surface area contributed by atoms with Gasteiger partial charge in [0, 0.05) is 23.5 Å². The van der Waals surface area contributed by atoms with Crippen LogP contribution in [0.2, 0.25) is 0 Å². The Balaban J connectivity index is 1.57. The van der Waals surface area contributed by atoms with Crippen molar-refractivity contribution in [3.8, 4) is 10.7 Å². The van der Waals surface area contributed by atoms with Gasteiger partial charge in [0.25, 0.3) is 5.91 Å². The maximum Gasteiger partial charge on any atom is 0.471 e. The summed E-state index contributed by atoms with van der Waals surface area (Å²) in [6.07, 6.45) is -4.03. The van der Waals surface area contributed by atoms with E-state index in [0.29, 0.717) is 30.0 Å². The average Bonchev–Trinajstić information content (AvgIpc) is 3.27. The van der Waals surface area contributed by atoms with Gasteiger partial charge in [0.2, 0.25) is 5.82 Å². The summed E-state index contributed by atoms with van der Waals surface area (Å²) in [6, 6.07) is 9.13. The highest BCUT2D eigenvalue weighted by atomic mass is 32.1. The number of benzene rings is 1. The molecule has 3 heterocycles. The van der Waals surface area contributed by atoms with Crippen molar-refractivity contribution in [1.82, 2.24) is 15.0 Å². The van der Waals surface area contributed by atoms with Gasteiger partial charge < -0.3 is 9.42 Å². The molecule has 4 rings (SSSR count). The van der Waals surface area contributed by atoms with Crippen LogP contribution in [0.5, 0.6) is 0 Å². The highest BCUT2D eigenvalue weighted by molar-refractivity contribution is 7.15. The lowest BCUT2D eigenvalue weighted by molar-refractivity contribution is -0.159. The molecule has 3 aromatic rings. The molecule has 2 aromatic heterocycles. The predicted octanol–water partition coefficient (Wildman–Crippen LogP) is 4.32. The van der Waals surface area contributed by atoms with Gasteiger partial charge in [-0.3, -0.25) is 4.79 Å². The molecule has 0 spiro atoms. The topological polar surface area (TPSA) is 59.2 Å². The second-order valence-electron chi connectivity index (χ2n) is 6.27. The fourth-order valence-electron chi connectivity index (χ4n) is 3.04. The zero-order chi connectivity index (χ0) is 19.2. The molecule has 5 nitrogen and oxygen atoms in total. The Labute approximate surface area is 156 Å². The van der Waals surface area contributed by atoms with Gasteiger partial charge in [-0.1, -0.05) is 23.4 Å². The van der Waals surface area contributed by atoms with E-state index in [1.54, 1.807) is 17.0 Å². The normalized spacial score (nSPS) is 14.3. The molecule has 0 unspecified atom stereocenters. The van der Waals surface area contributed by atoms with E-state index in [1.165, 1.54) is 11.3 Å². The molecule has 1 aliphatic rings. The van der Waals surface area contributed by atoms with Gasteiger partial charge in [-0.15, -0.1) is 11.3 Å². The van der Waals surface area contributed by atoms with E-state index in [2.05, 4.69) is 14.7 Å². The number of alkyl halides is 3. The number of hydrogen-bond donors (Lipinski definition) is 0. The van der Waals surface area contributed by atoms with Gasteiger partial charge in [-0.2, -0.15) is 18.2 Å². The van der Waals surface area contributed by atoms with Crippen LogP contribution in [0.3, 0.4) is 0 Å². The first kappa shape index (κ1) is 17.7. The lowest BCUT2D eigenvalue weighted by atomic mass is 10.0. The molecule has 9 heteroatoms. The predicted molar refractivity (Wildman–Crippen MR) is 92.2 cm³/mol. The molecule has 140 valence electrons. The highest BCUT2D eigenvalue weighted by Gasteiger charge is 2.38. The minimum Gasteiger partial charge on any atom is -0.334 e. The smallest absolute Gasteiger partial charge is 0.334 e. The van der Waals surface area contributed by atoms with Crippen molar-refractivity contribution in [2.75, 3.05) is 6.54 Å². The minimum atomic E-state index is -4.67. The molecule has 0 saturated heterocycles. The number of halogens is 3. The summed E-state index contributed by atoms with van der Waals surface area (Å²) in [7, 11) is 0. The van der Waals surface area contributed by atoms with E-state index >= 15 is 0 Å². The Hall–Kier alpha value is -2.68. The Morgan fingerprint density at radius 3 is 2.78 bits per heavy atom. The molecular formula is C18H14F3N3O2S. The number of carbonyl (C=O) groups excluding carboxylic acids is 1. The lowest BCUT2D eigenvalue weighted by Crippen LogP contribution is -2.35. The second-order valence-corrected chi connectivity index (χ2v) is 7.41. The largest absolute Gasteiger partial charge is 0.471 e. The minimum absolute atomic E-state index is 0.0505. The van der Waals surface area contributed by atoms with Crippen LogP contribution in [0.4, 0.5) is 13.2 Å². The second kappa shape index (κ2) is 6.49. The molecule has 0 atom stereocenters. The third-order valence-corrected chi connectivity index (χ3v) is 5.65. The number of aryl methyl sites for hydroxylation is 1. The molecular weight excluding hydrogens is 379 g/mol. The lowest BCUT2D eigenvalue weighted by Gasteiger charge is -2.27. The molecule has 1 aromatic carbocycles. The quantitative estimate of drug-likeness (QED) is 0.651. The summed E-state index contributed by atoms with van der Waals surface area (Å²) >= 11 is 1.33. The molecule has 0 radical (unpaired) electrons. The standard InChI is InChI=1S/C18H14F3N3O2S/c1-10-4-2-3-5-12(10)16(25)24-7-6-13-11(9-24)8-14(27-13)15-22-17(26-23-15)18(19,20)21/h2-5,8H,6-7,9H2,1H3. The zero-order valence-corrected chi connectivity index (χ0v) is 15.0. The zero-order valence-electron chi connectivity index (χ0n) is 14.2. The number of carbonyl (C=O) groups is 1. The fourth-order valence-corrected chi connectivity index (χ4v) is 4.13. The van der Waals surface area contributed by atoms with Gasteiger partial charge in [-0.25, -0.2) is 0 Å². The summed E-state index contributed by atoms with van der Waals surface area (Å²) in [6.45, 7) is 2.85. The number of nitrogens with zero attached hydrogens (tertiary/aromatic N) is 3. The van der Waals surface area contributed by atoms with Crippen molar-refractivity contribution in [3.63, 3.8) is 0 Å². The molecule has 0 bridgehead atoms. The number of thiophene rings is 1. The number of fused-ring (bicyclic) bond motifs is 1. The van der Waals surface area contributed by atoms with E-state index in [-0.39, 0.29) is 11.7 Å². The fraction of sp³-hybridized carbons (Fsp3) is 0.278. The third kappa shape index (κ3) is 3.34. The Kier molecular flexibility index (Phi) is 4.26. The first-order chi connectivity index (χ1) is 12.8. The molecule has 0 N–H and O–H groups in total. The molecule has 0 aliphatic carbocycles. The van der Waals surface area contributed by atoms with Gasteiger partial charge in [0.05, 0.1) is 4.88 Å². The van der Waals surface area contributed by atoms with Crippen LogP contribution in [0.25, 0.3) is 10.7 Å². The number of rotatable bonds is 2. The van der Waals surface area contributed by atoms with Crippen LogP contribution in [-0.4, -0.2) is 27.5 Å². The summed E-state index contributed by atoms with van der Waals surface area (Å²) in [5.41, 5.74) is 2.47. The summed E-state index contributed by atoms with van der Waals surface area (Å²) < 4.78 is 42.2. The van der Waals surface area contributed by atoms with E-state index in [0.717, 1.165) is 16.0 Å². The molecule has 0 fully saturated rings. The molecule has 1 aliphatic heterocycles. The van der Waals surface area contributed by atoms with Crippen molar-refractivity contribution in [2.24, 2.45) is 0 Å². The Bertz CT molecular complexity index is 1010. The van der Waals surface area contributed by atoms with Crippen LogP contribution in [0.1, 0.15) is 32.3 Å². The number of amides is 1. The van der Waals surface area contributed by atoms with Crippen molar-refractivity contribution >= 4 is 17.2 Å². The van der Waals surface area contributed by atoms with E-state index in [9.17, 15) is 18.0 Å². The van der Waals surface area contributed by atoms with Gasteiger partial charge in [0.15, 0.2) is 0 Å². The van der Waals surface area contributed by atoms with Crippen LogP contribution in [-0.2, 0) is 19.1 Å². The van der Waals surface area contributed by atoms with Gasteiger partial charge >= 0.3 is 12.1 Å². The van der Waals surface area contributed by atoms with Crippen molar-refractivity contribution in [1.29, 1.82) is 0 Å². The summed E-state index contributed by atoms with van der Waals surface area (Å²) in [4.78, 5) is 19.5. The number of aromatic nitrogens is 2. The Morgan fingerprint density at radius 1 is 1.30 bits per heavy atom. The molecule has 0 saturated carbocycles. The van der Waals surface area contributed by atoms with Crippen LogP contribution in [0, 0.1) is 6.92 Å². The Morgan fingerprint density at radius 2 is 2.07 bits per heavy atom. The first-order valence-electron chi connectivity index (χ1n) is 8.20. The van der Waals surface area contributed by atoms with Crippen LogP contribution in [0.15, 0.2) is 34.9 Å². The van der Waals surface area contributed by atoms with Crippen molar-refractivity contribution in [3.05, 3.63) is 57.8 Å². The summed E-state index contributed by atoms with van der Waals surface area (Å²) in [5, 5.41) is 3.43. The van der Waals surface area contributed by atoms with Crippen LogP contribution >= 0.6 is 11.3 Å². The van der Waals surface area contributed by atoms with E-state index in [4.69, 9.17) is 0 Å². The van der Waals surface area contributed by atoms with Gasteiger partial charge in [-0.05, 0) is 36.6 Å². The third-order valence-electron chi connectivity index (χ3n) is 4.42. The van der Waals surface area contributed by atoms with Crippen molar-refractivity contribution in [2.45, 2.75) is 26.1 Å². The first-order valence-corrected chi connectivity index (χ1v) is 9.02. The van der Waals surface area contributed by atoms with Gasteiger partial charge in [0.1, 0.15) is 0 Å². The highest BCUT2D eigenvalue weighted by Crippen LogP contribution is 2.35.